The Morgan fingerprint density at radius 2 is 1.74 bits per heavy atom. The summed E-state index contributed by atoms with van der Waals surface area (Å²) in [5, 5.41) is 0. The highest BCUT2D eigenvalue weighted by atomic mass is 16.5. The monoisotopic (exact) mass is 322 g/mol. The summed E-state index contributed by atoms with van der Waals surface area (Å²) < 4.78 is 9.46. The normalized spacial score (nSPS) is 26.3. The lowest BCUT2D eigenvalue weighted by Gasteiger charge is -2.47. The molecule has 1 rings (SSSR count). The predicted octanol–water partition coefficient (Wildman–Crippen LogP) is 2.85. The van der Waals surface area contributed by atoms with E-state index in [4.69, 9.17) is 9.47 Å². The fourth-order valence-corrected chi connectivity index (χ4v) is 3.45. The van der Waals surface area contributed by atoms with Crippen LogP contribution in [-0.2, 0) is 23.9 Å². The average molecular weight is 322 g/mol. The van der Waals surface area contributed by atoms with Crippen LogP contribution in [-0.4, -0.2) is 31.9 Å². The summed E-state index contributed by atoms with van der Waals surface area (Å²) in [7, 11) is 2.54. The Morgan fingerprint density at radius 3 is 2.09 bits per heavy atom. The molecule has 2 atom stereocenters. The number of Topliss-reactive ketones (excluding diaryl/α,β-unsaturated/α-hetero) is 1. The van der Waals surface area contributed by atoms with Gasteiger partial charge >= 0.3 is 11.9 Å². The van der Waals surface area contributed by atoms with Crippen LogP contribution in [0.15, 0.2) is 24.8 Å². The maximum Gasteiger partial charge on any atom is 0.306 e. The van der Waals surface area contributed by atoms with Gasteiger partial charge in [-0.15, -0.1) is 6.58 Å². The van der Waals surface area contributed by atoms with Gasteiger partial charge in [0.25, 0.3) is 0 Å². The third-order valence-corrected chi connectivity index (χ3v) is 5.01. The Balaban J connectivity index is 3.29. The van der Waals surface area contributed by atoms with Crippen LogP contribution in [0.2, 0.25) is 0 Å². The minimum Gasteiger partial charge on any atom is -0.469 e. The quantitative estimate of drug-likeness (QED) is 0.555. The van der Waals surface area contributed by atoms with Gasteiger partial charge in [0.15, 0.2) is 0 Å². The lowest BCUT2D eigenvalue weighted by atomic mass is 9.54. The number of allylic oxidation sites excluding steroid dienone is 2. The molecule has 1 fully saturated rings. The van der Waals surface area contributed by atoms with Gasteiger partial charge in [-0.2, -0.15) is 0 Å². The van der Waals surface area contributed by atoms with Gasteiger partial charge in [-0.1, -0.05) is 25.2 Å². The molecule has 0 N–H and O–H groups in total. The minimum absolute atomic E-state index is 0.0491. The maximum absolute atomic E-state index is 12.9. The highest BCUT2D eigenvalue weighted by Crippen LogP contribution is 2.53. The zero-order valence-corrected chi connectivity index (χ0v) is 14.4. The molecule has 0 aromatic heterocycles. The van der Waals surface area contributed by atoms with Crippen molar-refractivity contribution in [3.63, 3.8) is 0 Å². The number of esters is 2. The SMILES string of the molecule is C=C[C@]1(C)CC(=O)C(CC(=O)OC)(CC(=O)OC)C[C@H]1C(=C)C. The summed E-state index contributed by atoms with van der Waals surface area (Å²) in [6.45, 7) is 11.7. The molecule has 0 radical (unpaired) electrons. The first kappa shape index (κ1) is 19.1. The predicted molar refractivity (Wildman–Crippen MR) is 86.5 cm³/mol. The van der Waals surface area contributed by atoms with Crippen LogP contribution >= 0.6 is 0 Å². The largest absolute Gasteiger partial charge is 0.469 e. The van der Waals surface area contributed by atoms with Crippen LogP contribution in [0.3, 0.4) is 0 Å². The van der Waals surface area contributed by atoms with E-state index >= 15 is 0 Å². The number of carbonyl (C=O) groups excluding carboxylic acids is 3. The van der Waals surface area contributed by atoms with Crippen molar-refractivity contribution < 1.29 is 23.9 Å². The van der Waals surface area contributed by atoms with Crippen molar-refractivity contribution in [3.05, 3.63) is 24.8 Å². The van der Waals surface area contributed by atoms with Crippen molar-refractivity contribution in [3.8, 4) is 0 Å². The number of methoxy groups -OCH3 is 2. The first-order valence-corrected chi connectivity index (χ1v) is 7.60. The van der Waals surface area contributed by atoms with Gasteiger partial charge in [-0.25, -0.2) is 0 Å². The molecular formula is C18H26O5. The van der Waals surface area contributed by atoms with Gasteiger partial charge in [0, 0.05) is 6.42 Å². The lowest BCUT2D eigenvalue weighted by molar-refractivity contribution is -0.157. The second kappa shape index (κ2) is 7.11. The highest BCUT2D eigenvalue weighted by molar-refractivity contribution is 5.93. The molecule has 0 unspecified atom stereocenters. The second-order valence-electron chi connectivity index (χ2n) is 6.70. The summed E-state index contributed by atoms with van der Waals surface area (Å²) in [6, 6.07) is 0. The summed E-state index contributed by atoms with van der Waals surface area (Å²) in [6.07, 6.45) is 2.07. The second-order valence-corrected chi connectivity index (χ2v) is 6.70. The first-order chi connectivity index (χ1) is 10.6. The standard InChI is InChI=1S/C18H26O5/c1-7-17(4)9-14(19)18(10-15(20)22-5,11-16(21)23-6)8-13(17)12(2)3/h7,13H,1-2,8-11H2,3-6H3/t13-,17+/m0/s1. The Kier molecular flexibility index (Phi) is 5.92. The maximum atomic E-state index is 12.9. The van der Waals surface area contributed by atoms with E-state index < -0.39 is 22.8 Å². The highest BCUT2D eigenvalue weighted by Gasteiger charge is 2.53. The molecule has 23 heavy (non-hydrogen) atoms. The van der Waals surface area contributed by atoms with Gasteiger partial charge in [0.05, 0.1) is 32.5 Å². The molecule has 0 heterocycles. The Hall–Kier alpha value is -1.91. The number of ketones is 1. The summed E-state index contributed by atoms with van der Waals surface area (Å²) >= 11 is 0. The fourth-order valence-electron chi connectivity index (χ4n) is 3.45. The van der Waals surface area contributed by atoms with Crippen LogP contribution in [0, 0.1) is 16.7 Å². The van der Waals surface area contributed by atoms with E-state index in [1.54, 1.807) is 6.08 Å². The number of ether oxygens (including phenoxy) is 2. The molecular weight excluding hydrogens is 296 g/mol. The summed E-state index contributed by atoms with van der Waals surface area (Å²) in [5.41, 5.74) is -0.635. The van der Waals surface area contributed by atoms with Crippen molar-refractivity contribution in [1.29, 1.82) is 0 Å². The third kappa shape index (κ3) is 3.89. The molecule has 5 heteroatoms. The fraction of sp³-hybridized carbons (Fsp3) is 0.611. The molecule has 0 spiro atoms. The molecule has 0 aromatic rings. The van der Waals surface area contributed by atoms with E-state index in [1.807, 2.05) is 13.8 Å². The molecule has 0 amide bonds. The Morgan fingerprint density at radius 1 is 1.26 bits per heavy atom. The van der Waals surface area contributed by atoms with E-state index in [1.165, 1.54) is 14.2 Å². The van der Waals surface area contributed by atoms with E-state index in [-0.39, 0.29) is 31.0 Å². The number of carbonyl (C=O) groups is 3. The molecule has 0 aromatic carbocycles. The van der Waals surface area contributed by atoms with Crippen molar-refractivity contribution in [2.75, 3.05) is 14.2 Å². The van der Waals surface area contributed by atoms with Crippen molar-refractivity contribution in [2.45, 2.75) is 39.5 Å². The van der Waals surface area contributed by atoms with Crippen molar-refractivity contribution in [1.82, 2.24) is 0 Å². The molecule has 1 aliphatic rings. The Labute approximate surface area is 137 Å². The van der Waals surface area contributed by atoms with Crippen LogP contribution in [0.5, 0.6) is 0 Å². The van der Waals surface area contributed by atoms with E-state index in [0.29, 0.717) is 6.42 Å². The summed E-state index contributed by atoms with van der Waals surface area (Å²) in [5.74, 6) is -1.20. The smallest absolute Gasteiger partial charge is 0.306 e. The van der Waals surface area contributed by atoms with Crippen LogP contribution < -0.4 is 0 Å². The van der Waals surface area contributed by atoms with Crippen LogP contribution in [0.25, 0.3) is 0 Å². The van der Waals surface area contributed by atoms with Crippen LogP contribution in [0.4, 0.5) is 0 Å². The Bertz CT molecular complexity index is 516. The lowest BCUT2D eigenvalue weighted by Crippen LogP contribution is -2.48. The van der Waals surface area contributed by atoms with E-state index in [2.05, 4.69) is 13.2 Å². The van der Waals surface area contributed by atoms with E-state index in [0.717, 1.165) is 5.57 Å². The minimum atomic E-state index is -1.10. The van der Waals surface area contributed by atoms with E-state index in [9.17, 15) is 14.4 Å². The molecule has 128 valence electrons. The van der Waals surface area contributed by atoms with Crippen molar-refractivity contribution >= 4 is 17.7 Å². The number of rotatable bonds is 6. The molecule has 0 aliphatic heterocycles. The molecule has 5 nitrogen and oxygen atoms in total. The molecule has 0 bridgehead atoms. The number of hydrogen-bond acceptors (Lipinski definition) is 5. The van der Waals surface area contributed by atoms with Gasteiger partial charge in [0.2, 0.25) is 0 Å². The number of hydrogen-bond donors (Lipinski definition) is 0. The summed E-state index contributed by atoms with van der Waals surface area (Å²) in [4.78, 5) is 36.5. The zero-order chi connectivity index (χ0) is 17.8. The third-order valence-electron chi connectivity index (χ3n) is 5.01. The average Bonchev–Trinajstić information content (AvgIpc) is 2.50. The van der Waals surface area contributed by atoms with Gasteiger partial charge in [0.1, 0.15) is 5.78 Å². The molecule has 1 aliphatic carbocycles. The first-order valence-electron chi connectivity index (χ1n) is 7.60. The molecule has 1 saturated carbocycles. The zero-order valence-electron chi connectivity index (χ0n) is 14.4. The van der Waals surface area contributed by atoms with Gasteiger partial charge in [-0.05, 0) is 24.7 Å². The van der Waals surface area contributed by atoms with Gasteiger partial charge in [-0.3, -0.25) is 14.4 Å². The molecule has 0 saturated heterocycles. The topological polar surface area (TPSA) is 69.7 Å². The van der Waals surface area contributed by atoms with Crippen molar-refractivity contribution in [2.24, 2.45) is 16.7 Å². The van der Waals surface area contributed by atoms with Crippen LogP contribution in [0.1, 0.15) is 39.5 Å². The van der Waals surface area contributed by atoms with Gasteiger partial charge < -0.3 is 9.47 Å².